The lowest BCUT2D eigenvalue weighted by Crippen LogP contribution is -2.65. The number of nitrogens with zero attached hydrogens (tertiary/aromatic N) is 2. The molecule has 2 heterocycles. The average molecular weight is 464 g/mol. The monoisotopic (exact) mass is 463 g/mol. The van der Waals surface area contributed by atoms with Gasteiger partial charge < -0.3 is 19.7 Å². The zero-order chi connectivity index (χ0) is 23.8. The quantitative estimate of drug-likeness (QED) is 0.730. The van der Waals surface area contributed by atoms with Crippen LogP contribution in [0.2, 0.25) is 0 Å². The molecule has 1 aliphatic carbocycles. The molecule has 0 spiro atoms. The van der Waals surface area contributed by atoms with Crippen LogP contribution in [-0.4, -0.2) is 54.6 Å². The lowest BCUT2D eigenvalue weighted by Gasteiger charge is -2.42. The fourth-order valence-corrected chi connectivity index (χ4v) is 5.42. The second-order valence-electron chi connectivity index (χ2n) is 9.23. The van der Waals surface area contributed by atoms with Crippen molar-refractivity contribution in [2.45, 2.75) is 50.9 Å². The van der Waals surface area contributed by atoms with Gasteiger partial charge >= 0.3 is 6.03 Å². The molecule has 34 heavy (non-hydrogen) atoms. The molecule has 2 aromatic rings. The van der Waals surface area contributed by atoms with Crippen LogP contribution in [0.25, 0.3) is 0 Å². The highest BCUT2D eigenvalue weighted by molar-refractivity contribution is 6.18. The molecule has 4 amide bonds. The van der Waals surface area contributed by atoms with Gasteiger partial charge in [0.25, 0.3) is 5.91 Å². The maximum absolute atomic E-state index is 13.7. The van der Waals surface area contributed by atoms with Crippen LogP contribution in [0.4, 0.5) is 16.2 Å². The molecule has 2 saturated heterocycles. The number of nitrogens with one attached hydrogen (secondary N) is 1. The van der Waals surface area contributed by atoms with Gasteiger partial charge in [0.1, 0.15) is 12.3 Å². The number of urea groups is 1. The topological polar surface area (TPSA) is 88.2 Å². The van der Waals surface area contributed by atoms with Crippen molar-refractivity contribution in [3.8, 4) is 5.75 Å². The maximum Gasteiger partial charge on any atom is 0.332 e. The van der Waals surface area contributed by atoms with E-state index < -0.39 is 18.2 Å². The molecule has 8 nitrogen and oxygen atoms in total. The number of ether oxygens (including phenoxy) is 2. The first kappa shape index (κ1) is 22.4. The molecule has 2 aromatic carbocycles. The Morgan fingerprint density at radius 2 is 1.88 bits per heavy atom. The zero-order valence-electron chi connectivity index (χ0n) is 19.4. The van der Waals surface area contributed by atoms with Crippen molar-refractivity contribution in [1.29, 1.82) is 0 Å². The highest BCUT2D eigenvalue weighted by Gasteiger charge is 2.58. The van der Waals surface area contributed by atoms with Gasteiger partial charge in [0.05, 0.1) is 24.9 Å². The summed E-state index contributed by atoms with van der Waals surface area (Å²) in [5, 5.41) is 2.85. The Bertz CT molecular complexity index is 1100. The van der Waals surface area contributed by atoms with Crippen molar-refractivity contribution in [3.63, 3.8) is 0 Å². The van der Waals surface area contributed by atoms with Crippen LogP contribution in [0.15, 0.2) is 48.5 Å². The van der Waals surface area contributed by atoms with Crippen LogP contribution < -0.4 is 15.0 Å². The maximum atomic E-state index is 13.7. The third kappa shape index (κ3) is 4.03. The van der Waals surface area contributed by atoms with Crippen LogP contribution in [0.5, 0.6) is 5.75 Å². The number of methoxy groups -OCH3 is 1. The second kappa shape index (κ2) is 9.10. The molecule has 4 unspecified atom stereocenters. The molecule has 178 valence electrons. The molecule has 4 atom stereocenters. The Kier molecular flexibility index (Phi) is 6.00. The summed E-state index contributed by atoms with van der Waals surface area (Å²) in [6.07, 6.45) is 2.99. The number of carbonyl (C=O) groups excluding carboxylic acids is 3. The van der Waals surface area contributed by atoms with Crippen LogP contribution >= 0.6 is 0 Å². The van der Waals surface area contributed by atoms with E-state index in [9.17, 15) is 14.4 Å². The first-order valence-corrected chi connectivity index (χ1v) is 11.8. The highest BCUT2D eigenvalue weighted by Crippen LogP contribution is 2.43. The molecule has 0 radical (unpaired) electrons. The second-order valence-corrected chi connectivity index (χ2v) is 9.23. The van der Waals surface area contributed by atoms with Gasteiger partial charge in [-0.3, -0.25) is 9.59 Å². The molecule has 5 rings (SSSR count). The van der Waals surface area contributed by atoms with Crippen molar-refractivity contribution in [1.82, 2.24) is 4.90 Å². The van der Waals surface area contributed by atoms with Crippen molar-refractivity contribution < 1.29 is 23.9 Å². The molecule has 3 fully saturated rings. The normalized spacial score (nSPS) is 26.2. The summed E-state index contributed by atoms with van der Waals surface area (Å²) < 4.78 is 11.5. The molecule has 0 aromatic heterocycles. The molecule has 2 aliphatic heterocycles. The van der Waals surface area contributed by atoms with E-state index in [0.29, 0.717) is 17.1 Å². The lowest BCUT2D eigenvalue weighted by molar-refractivity contribution is -0.133. The smallest absolute Gasteiger partial charge is 0.332 e. The Morgan fingerprint density at radius 3 is 2.65 bits per heavy atom. The number of aryl methyl sites for hydroxylation is 1. The standard InChI is InChI=1S/C26H29N3O5/c1-16-10-12-18(13-11-16)29-25(31)24-23(20-8-3-4-9-21(20)34-24)28(26(29)32)15-22(30)27-17-6-5-7-19(14-17)33-2/h5-7,10-14,20-21,23-24H,3-4,8-9,15H2,1-2H3,(H,27,30). The van der Waals surface area contributed by atoms with Crippen molar-refractivity contribution in [2.24, 2.45) is 5.92 Å². The summed E-state index contributed by atoms with van der Waals surface area (Å²) in [5.41, 5.74) is 2.09. The molecule has 1 N–H and O–H groups in total. The van der Waals surface area contributed by atoms with Crippen LogP contribution in [0.3, 0.4) is 0 Å². The van der Waals surface area contributed by atoms with E-state index in [1.54, 1.807) is 43.5 Å². The number of benzene rings is 2. The predicted molar refractivity (Wildman–Crippen MR) is 127 cm³/mol. The molecular formula is C26H29N3O5. The van der Waals surface area contributed by atoms with Gasteiger partial charge in [-0.2, -0.15) is 0 Å². The first-order chi connectivity index (χ1) is 16.5. The Labute approximate surface area is 198 Å². The van der Waals surface area contributed by atoms with E-state index in [1.807, 2.05) is 19.1 Å². The minimum absolute atomic E-state index is 0.0523. The Morgan fingerprint density at radius 1 is 1.12 bits per heavy atom. The van der Waals surface area contributed by atoms with Gasteiger partial charge in [0, 0.05) is 17.7 Å². The summed E-state index contributed by atoms with van der Waals surface area (Å²) in [6, 6.07) is 13.4. The average Bonchev–Trinajstić information content (AvgIpc) is 3.23. The van der Waals surface area contributed by atoms with Crippen molar-refractivity contribution in [2.75, 3.05) is 23.9 Å². The van der Waals surface area contributed by atoms with E-state index in [4.69, 9.17) is 9.47 Å². The summed E-state index contributed by atoms with van der Waals surface area (Å²) in [4.78, 5) is 42.9. The van der Waals surface area contributed by atoms with E-state index in [1.165, 1.54) is 4.90 Å². The van der Waals surface area contributed by atoms with Crippen LogP contribution in [0, 0.1) is 12.8 Å². The zero-order valence-corrected chi connectivity index (χ0v) is 19.4. The van der Waals surface area contributed by atoms with Crippen molar-refractivity contribution in [3.05, 3.63) is 54.1 Å². The summed E-state index contributed by atoms with van der Waals surface area (Å²) >= 11 is 0. The Hall–Kier alpha value is -3.39. The molecule has 0 bridgehead atoms. The van der Waals surface area contributed by atoms with Gasteiger partial charge in [0.2, 0.25) is 5.91 Å². The van der Waals surface area contributed by atoms with Crippen LogP contribution in [-0.2, 0) is 14.3 Å². The Balaban J connectivity index is 1.44. The fraction of sp³-hybridized carbons (Fsp3) is 0.423. The lowest BCUT2D eigenvalue weighted by atomic mass is 9.81. The summed E-state index contributed by atoms with van der Waals surface area (Å²) in [7, 11) is 1.56. The first-order valence-electron chi connectivity index (χ1n) is 11.8. The highest BCUT2D eigenvalue weighted by atomic mass is 16.5. The SMILES string of the molecule is COc1cccc(NC(=O)CN2C(=O)N(c3ccc(C)cc3)C(=O)C3OC4CCCCC4C32)c1. The number of amides is 4. The molecule has 1 saturated carbocycles. The molecular weight excluding hydrogens is 434 g/mol. The molecule has 3 aliphatic rings. The number of hydrogen-bond donors (Lipinski definition) is 1. The van der Waals surface area contributed by atoms with Gasteiger partial charge in [0.15, 0.2) is 6.10 Å². The number of imide groups is 1. The van der Waals surface area contributed by atoms with Gasteiger partial charge in [-0.25, -0.2) is 9.69 Å². The summed E-state index contributed by atoms with van der Waals surface area (Å²) in [5.74, 6) is -0.00995. The number of rotatable bonds is 5. The van der Waals surface area contributed by atoms with Gasteiger partial charge in [-0.1, -0.05) is 36.6 Å². The van der Waals surface area contributed by atoms with E-state index >= 15 is 0 Å². The summed E-state index contributed by atoms with van der Waals surface area (Å²) in [6.45, 7) is 1.78. The van der Waals surface area contributed by atoms with Crippen molar-refractivity contribution >= 4 is 29.2 Å². The largest absolute Gasteiger partial charge is 0.497 e. The minimum Gasteiger partial charge on any atom is -0.497 e. The third-order valence-corrected chi connectivity index (χ3v) is 7.04. The number of anilines is 2. The van der Waals surface area contributed by atoms with Gasteiger partial charge in [-0.15, -0.1) is 0 Å². The van der Waals surface area contributed by atoms with E-state index in [-0.39, 0.29) is 30.4 Å². The van der Waals surface area contributed by atoms with E-state index in [0.717, 1.165) is 36.1 Å². The van der Waals surface area contributed by atoms with Crippen LogP contribution in [0.1, 0.15) is 31.2 Å². The van der Waals surface area contributed by atoms with E-state index in [2.05, 4.69) is 5.32 Å². The molecule has 8 heteroatoms. The number of carbonyl (C=O) groups is 3. The predicted octanol–water partition coefficient (Wildman–Crippen LogP) is 3.74. The fourth-order valence-electron chi connectivity index (χ4n) is 5.42. The number of hydrogen-bond acceptors (Lipinski definition) is 5. The number of fused-ring (bicyclic) bond motifs is 3. The third-order valence-electron chi connectivity index (χ3n) is 7.04. The van der Waals surface area contributed by atoms with Gasteiger partial charge in [-0.05, 0) is 44.0 Å². The minimum atomic E-state index is -0.767.